The molecule has 3 rings (SSSR count). The maximum Gasteiger partial charge on any atom is 0.129 e. The highest BCUT2D eigenvalue weighted by Gasteiger charge is 2.39. The molecule has 128 valence electrons. The second kappa shape index (κ2) is 6.87. The van der Waals surface area contributed by atoms with Crippen molar-refractivity contribution in [3.63, 3.8) is 0 Å². The lowest BCUT2D eigenvalue weighted by atomic mass is 9.91. The molecule has 1 saturated heterocycles. The number of hydrogen-bond acceptors (Lipinski definition) is 4. The van der Waals surface area contributed by atoms with E-state index in [0.29, 0.717) is 25.3 Å². The third-order valence-electron chi connectivity index (χ3n) is 4.51. The van der Waals surface area contributed by atoms with E-state index in [-0.39, 0.29) is 11.9 Å². The summed E-state index contributed by atoms with van der Waals surface area (Å²) < 4.78 is 19.1. The number of rotatable bonds is 4. The highest BCUT2D eigenvalue weighted by Crippen LogP contribution is 2.27. The van der Waals surface area contributed by atoms with Crippen molar-refractivity contribution in [1.29, 1.82) is 0 Å². The highest BCUT2D eigenvalue weighted by molar-refractivity contribution is 5.23. The summed E-state index contributed by atoms with van der Waals surface area (Å²) in [6, 6.07) is 10.0. The summed E-state index contributed by atoms with van der Waals surface area (Å²) in [5.74, 6) is 0.115. The molecule has 0 aliphatic carbocycles. The van der Waals surface area contributed by atoms with Gasteiger partial charge in [-0.05, 0) is 44.0 Å². The van der Waals surface area contributed by atoms with Crippen molar-refractivity contribution in [3.05, 3.63) is 59.7 Å². The molecule has 0 bridgehead atoms. The van der Waals surface area contributed by atoms with Gasteiger partial charge in [-0.1, -0.05) is 12.1 Å². The Hall–Kier alpha value is -1.98. The first-order valence-electron chi connectivity index (χ1n) is 8.21. The van der Waals surface area contributed by atoms with E-state index in [4.69, 9.17) is 4.74 Å². The lowest BCUT2D eigenvalue weighted by Gasteiger charge is -2.42. The Morgan fingerprint density at radius 2 is 2.21 bits per heavy atom. The Morgan fingerprint density at radius 3 is 2.92 bits per heavy atom. The Balaban J connectivity index is 1.65. The molecule has 0 spiro atoms. The van der Waals surface area contributed by atoms with Gasteiger partial charge in [0.2, 0.25) is 0 Å². The van der Waals surface area contributed by atoms with E-state index in [0.717, 1.165) is 17.8 Å². The topological polar surface area (TPSA) is 45.6 Å². The summed E-state index contributed by atoms with van der Waals surface area (Å²) >= 11 is 0. The largest absolute Gasteiger partial charge is 0.487 e. The molecular weight excluding hydrogens is 307 g/mol. The molecule has 2 heterocycles. The van der Waals surface area contributed by atoms with Gasteiger partial charge in [0, 0.05) is 31.9 Å². The van der Waals surface area contributed by atoms with Crippen LogP contribution in [0.25, 0.3) is 0 Å². The molecule has 1 aromatic heterocycles. The molecule has 1 fully saturated rings. The normalized spacial score (nSPS) is 24.8. The van der Waals surface area contributed by atoms with Crippen LogP contribution in [0.1, 0.15) is 24.6 Å². The number of likely N-dealkylation sites (tertiary alicyclic amines) is 1. The summed E-state index contributed by atoms with van der Waals surface area (Å²) in [6.07, 6.45) is 2.11. The third-order valence-corrected chi connectivity index (χ3v) is 4.51. The summed E-state index contributed by atoms with van der Waals surface area (Å²) in [4.78, 5) is 6.60. The monoisotopic (exact) mass is 330 g/mol. The van der Waals surface area contributed by atoms with Gasteiger partial charge in [-0.25, -0.2) is 4.39 Å². The number of aromatic nitrogens is 1. The number of ether oxygens (including phenoxy) is 1. The quantitative estimate of drug-likeness (QED) is 0.936. The zero-order valence-electron chi connectivity index (χ0n) is 14.1. The van der Waals surface area contributed by atoms with E-state index in [1.165, 1.54) is 12.1 Å². The molecule has 0 unspecified atom stereocenters. The van der Waals surface area contributed by atoms with Crippen molar-refractivity contribution in [2.45, 2.75) is 38.5 Å². The second-order valence-corrected chi connectivity index (χ2v) is 6.69. The van der Waals surface area contributed by atoms with Crippen molar-refractivity contribution in [3.8, 4) is 5.75 Å². The fraction of sp³-hybridized carbons (Fsp3) is 0.421. The minimum atomic E-state index is -1.01. The van der Waals surface area contributed by atoms with Crippen molar-refractivity contribution in [2.24, 2.45) is 0 Å². The van der Waals surface area contributed by atoms with Crippen LogP contribution in [0.4, 0.5) is 4.39 Å². The summed E-state index contributed by atoms with van der Waals surface area (Å²) in [5, 5.41) is 10.8. The molecule has 0 amide bonds. The van der Waals surface area contributed by atoms with Crippen molar-refractivity contribution >= 4 is 0 Å². The van der Waals surface area contributed by atoms with Gasteiger partial charge in [-0.2, -0.15) is 0 Å². The molecular formula is C19H23FN2O2. The number of hydrogen-bond donors (Lipinski definition) is 1. The van der Waals surface area contributed by atoms with E-state index in [1.807, 2.05) is 19.1 Å². The molecule has 4 nitrogen and oxygen atoms in total. The lowest BCUT2D eigenvalue weighted by molar-refractivity contribution is -0.0995. The number of pyridine rings is 1. The van der Waals surface area contributed by atoms with Crippen molar-refractivity contribution < 1.29 is 14.2 Å². The fourth-order valence-corrected chi connectivity index (χ4v) is 3.17. The van der Waals surface area contributed by atoms with Gasteiger partial charge in [0.05, 0.1) is 5.69 Å². The van der Waals surface area contributed by atoms with Crippen LogP contribution < -0.4 is 4.74 Å². The molecule has 5 heteroatoms. The zero-order valence-corrected chi connectivity index (χ0v) is 14.1. The number of β-amino-alcohol motifs (C(OH)–C–C–N with tert-alkyl or cyclic N) is 1. The maximum absolute atomic E-state index is 13.3. The van der Waals surface area contributed by atoms with Crippen LogP contribution in [0.5, 0.6) is 5.75 Å². The number of piperidine rings is 1. The standard InChI is InChI=1S/C19H23FN2O2/c1-14-5-4-9-21-17(14)12-22-10-8-18(19(2,23)13-22)24-16-7-3-6-15(20)11-16/h3-7,9,11,18,23H,8,10,12-13H2,1-2H3/t18-,19-/m0/s1. The number of halogens is 1. The Morgan fingerprint density at radius 1 is 1.38 bits per heavy atom. The zero-order chi connectivity index (χ0) is 17.2. The van der Waals surface area contributed by atoms with Crippen molar-refractivity contribution in [2.75, 3.05) is 13.1 Å². The van der Waals surface area contributed by atoms with E-state index < -0.39 is 5.60 Å². The minimum absolute atomic E-state index is 0.338. The van der Waals surface area contributed by atoms with Crippen LogP contribution in [0.2, 0.25) is 0 Å². The van der Waals surface area contributed by atoms with E-state index >= 15 is 0 Å². The molecule has 2 aromatic rings. The molecule has 0 saturated carbocycles. The molecule has 2 atom stereocenters. The van der Waals surface area contributed by atoms with Gasteiger partial charge < -0.3 is 9.84 Å². The van der Waals surface area contributed by atoms with Crippen LogP contribution in [-0.2, 0) is 6.54 Å². The minimum Gasteiger partial charge on any atom is -0.487 e. The first-order chi connectivity index (χ1) is 11.4. The van der Waals surface area contributed by atoms with Crippen LogP contribution >= 0.6 is 0 Å². The van der Waals surface area contributed by atoms with Gasteiger partial charge in [-0.3, -0.25) is 9.88 Å². The summed E-state index contributed by atoms with van der Waals surface area (Å²) in [7, 11) is 0. The van der Waals surface area contributed by atoms with Gasteiger partial charge in [0.15, 0.2) is 0 Å². The second-order valence-electron chi connectivity index (χ2n) is 6.69. The average molecular weight is 330 g/mol. The van der Waals surface area contributed by atoms with Crippen molar-refractivity contribution in [1.82, 2.24) is 9.88 Å². The van der Waals surface area contributed by atoms with Gasteiger partial charge in [0.1, 0.15) is 23.3 Å². The molecule has 1 aliphatic rings. The fourth-order valence-electron chi connectivity index (χ4n) is 3.17. The van der Waals surface area contributed by atoms with Crippen LogP contribution in [-0.4, -0.2) is 39.8 Å². The summed E-state index contributed by atoms with van der Waals surface area (Å²) in [5.41, 5.74) is 1.17. The number of nitrogens with zero attached hydrogens (tertiary/aromatic N) is 2. The maximum atomic E-state index is 13.3. The smallest absolute Gasteiger partial charge is 0.129 e. The van der Waals surface area contributed by atoms with Gasteiger partial charge >= 0.3 is 0 Å². The predicted molar refractivity (Wildman–Crippen MR) is 90.3 cm³/mol. The third kappa shape index (κ3) is 3.91. The van der Waals surface area contributed by atoms with E-state index in [2.05, 4.69) is 9.88 Å². The predicted octanol–water partition coefficient (Wildman–Crippen LogP) is 2.93. The first kappa shape index (κ1) is 16.9. The van der Waals surface area contributed by atoms with E-state index in [9.17, 15) is 9.50 Å². The van der Waals surface area contributed by atoms with Gasteiger partial charge in [-0.15, -0.1) is 0 Å². The molecule has 0 radical (unpaired) electrons. The lowest BCUT2D eigenvalue weighted by Crippen LogP contribution is -2.56. The molecule has 1 aliphatic heterocycles. The van der Waals surface area contributed by atoms with Crippen LogP contribution in [0.15, 0.2) is 42.6 Å². The highest BCUT2D eigenvalue weighted by atomic mass is 19.1. The Kier molecular flexibility index (Phi) is 4.83. The van der Waals surface area contributed by atoms with E-state index in [1.54, 1.807) is 25.3 Å². The summed E-state index contributed by atoms with van der Waals surface area (Å²) in [6.45, 7) is 5.80. The van der Waals surface area contributed by atoms with Crippen LogP contribution in [0, 0.1) is 12.7 Å². The Bertz CT molecular complexity index is 705. The number of aliphatic hydroxyl groups is 1. The van der Waals surface area contributed by atoms with Gasteiger partial charge in [0.25, 0.3) is 0 Å². The first-order valence-corrected chi connectivity index (χ1v) is 8.21. The number of benzene rings is 1. The molecule has 1 aromatic carbocycles. The Labute approximate surface area is 141 Å². The number of aryl methyl sites for hydroxylation is 1. The molecule has 24 heavy (non-hydrogen) atoms. The molecule has 1 N–H and O–H groups in total. The van der Waals surface area contributed by atoms with Crippen LogP contribution in [0.3, 0.4) is 0 Å². The SMILES string of the molecule is Cc1cccnc1CN1CC[C@H](Oc2cccc(F)c2)[C@@](C)(O)C1. The average Bonchev–Trinajstić information content (AvgIpc) is 2.52.